The van der Waals surface area contributed by atoms with Gasteiger partial charge in [-0.25, -0.2) is 9.37 Å². The molecule has 0 spiro atoms. The summed E-state index contributed by atoms with van der Waals surface area (Å²) >= 11 is 3.26. The second-order valence-electron chi connectivity index (χ2n) is 6.93. The molecule has 0 N–H and O–H groups in total. The molecule has 3 heterocycles. The monoisotopic (exact) mass is 495 g/mol. The highest BCUT2D eigenvalue weighted by Crippen LogP contribution is 2.32. The summed E-state index contributed by atoms with van der Waals surface area (Å²) < 4.78 is 60.5. The Labute approximate surface area is 182 Å². The van der Waals surface area contributed by atoms with Crippen LogP contribution in [0.15, 0.2) is 51.7 Å². The molecule has 11 heteroatoms. The van der Waals surface area contributed by atoms with E-state index < -0.39 is 17.7 Å². The van der Waals surface area contributed by atoms with Crippen molar-refractivity contribution in [3.8, 4) is 34.4 Å². The zero-order valence-corrected chi connectivity index (χ0v) is 17.7. The van der Waals surface area contributed by atoms with Gasteiger partial charge in [0, 0.05) is 28.5 Å². The highest BCUT2D eigenvalue weighted by Gasteiger charge is 2.35. The lowest BCUT2D eigenvalue weighted by Gasteiger charge is -2.10. The molecule has 3 aromatic heterocycles. The van der Waals surface area contributed by atoms with E-state index in [1.165, 1.54) is 29.0 Å². The zero-order chi connectivity index (χ0) is 22.3. The molecule has 0 saturated heterocycles. The van der Waals surface area contributed by atoms with Gasteiger partial charge in [0.2, 0.25) is 5.82 Å². The van der Waals surface area contributed by atoms with Crippen molar-refractivity contribution in [2.45, 2.75) is 26.1 Å². The van der Waals surface area contributed by atoms with Crippen molar-refractivity contribution < 1.29 is 22.1 Å². The number of rotatable bonds is 4. The maximum Gasteiger partial charge on any atom is 0.434 e. The number of hydrogen-bond donors (Lipinski definition) is 0. The molecule has 0 atom stereocenters. The molecule has 6 nitrogen and oxygen atoms in total. The number of halogens is 5. The Kier molecular flexibility index (Phi) is 5.38. The number of aromatic nitrogens is 5. The molecule has 0 saturated carbocycles. The smallest absolute Gasteiger partial charge is 0.334 e. The molecule has 0 aliphatic rings. The van der Waals surface area contributed by atoms with E-state index in [2.05, 4.69) is 36.0 Å². The Morgan fingerprint density at radius 1 is 1.10 bits per heavy atom. The van der Waals surface area contributed by atoms with Crippen molar-refractivity contribution in [1.82, 2.24) is 24.7 Å². The fraction of sp³-hybridized carbons (Fsp3) is 0.200. The molecule has 4 aromatic rings. The third-order valence-electron chi connectivity index (χ3n) is 4.41. The molecule has 4 rings (SSSR count). The summed E-state index contributed by atoms with van der Waals surface area (Å²) in [6.45, 7) is 3.50. The fourth-order valence-electron chi connectivity index (χ4n) is 2.88. The van der Waals surface area contributed by atoms with Gasteiger partial charge >= 0.3 is 6.18 Å². The van der Waals surface area contributed by atoms with Gasteiger partial charge in [0.15, 0.2) is 11.5 Å². The molecular weight excluding hydrogens is 482 g/mol. The van der Waals surface area contributed by atoms with Crippen LogP contribution in [0.4, 0.5) is 17.6 Å². The van der Waals surface area contributed by atoms with Gasteiger partial charge in [0.1, 0.15) is 11.5 Å². The van der Waals surface area contributed by atoms with E-state index in [1.54, 1.807) is 26.0 Å². The minimum absolute atomic E-state index is 0.0111. The van der Waals surface area contributed by atoms with Gasteiger partial charge in [-0.1, -0.05) is 21.1 Å². The van der Waals surface area contributed by atoms with Crippen molar-refractivity contribution in [2.24, 2.45) is 0 Å². The predicted molar refractivity (Wildman–Crippen MR) is 107 cm³/mol. The van der Waals surface area contributed by atoms with Gasteiger partial charge in [0.25, 0.3) is 5.89 Å². The third kappa shape index (κ3) is 4.22. The van der Waals surface area contributed by atoms with E-state index in [0.717, 1.165) is 6.20 Å². The molecule has 0 unspecified atom stereocenters. The summed E-state index contributed by atoms with van der Waals surface area (Å²) in [5.74, 6) is -0.272. The van der Waals surface area contributed by atoms with Gasteiger partial charge in [-0.05, 0) is 44.2 Å². The third-order valence-corrected chi connectivity index (χ3v) is 4.91. The summed E-state index contributed by atoms with van der Waals surface area (Å²) in [6.07, 6.45) is -2.20. The van der Waals surface area contributed by atoms with Crippen LogP contribution in [0.1, 0.15) is 25.6 Å². The fourth-order valence-corrected chi connectivity index (χ4v) is 3.24. The molecule has 0 bridgehead atoms. The molecular formula is C20H14BrF4N5O. The number of alkyl halides is 3. The molecule has 160 valence electrons. The number of imidazole rings is 1. The van der Waals surface area contributed by atoms with Crippen LogP contribution in [-0.2, 0) is 6.18 Å². The maximum absolute atomic E-state index is 14.0. The van der Waals surface area contributed by atoms with Crippen LogP contribution in [0.5, 0.6) is 0 Å². The second kappa shape index (κ2) is 7.88. The molecule has 0 fully saturated rings. The second-order valence-corrected chi connectivity index (χ2v) is 7.84. The van der Waals surface area contributed by atoms with E-state index in [0.29, 0.717) is 10.0 Å². The summed E-state index contributed by atoms with van der Waals surface area (Å²) in [5.41, 5.74) is -0.139. The largest absolute Gasteiger partial charge is 0.434 e. The van der Waals surface area contributed by atoms with Crippen LogP contribution in [0, 0.1) is 5.82 Å². The Hall–Kier alpha value is -3.08. The first-order valence-corrected chi connectivity index (χ1v) is 9.85. The minimum Gasteiger partial charge on any atom is -0.334 e. The van der Waals surface area contributed by atoms with Gasteiger partial charge in [-0.3, -0.25) is 4.98 Å². The highest BCUT2D eigenvalue weighted by atomic mass is 79.9. The number of benzene rings is 1. The van der Waals surface area contributed by atoms with Crippen molar-refractivity contribution >= 4 is 15.9 Å². The average molecular weight is 496 g/mol. The Bertz CT molecular complexity index is 1230. The summed E-state index contributed by atoms with van der Waals surface area (Å²) in [5, 5.41) is 3.84. The minimum atomic E-state index is -4.56. The van der Waals surface area contributed by atoms with Gasteiger partial charge in [0.05, 0.1) is 5.56 Å². The molecule has 31 heavy (non-hydrogen) atoms. The average Bonchev–Trinajstić information content (AvgIpc) is 3.37. The Balaban J connectivity index is 1.67. The molecule has 1 aromatic carbocycles. The van der Waals surface area contributed by atoms with Crippen LogP contribution in [0.3, 0.4) is 0 Å². The first-order chi connectivity index (χ1) is 14.6. The van der Waals surface area contributed by atoms with E-state index in [9.17, 15) is 17.6 Å². The van der Waals surface area contributed by atoms with Crippen molar-refractivity contribution in [2.75, 3.05) is 0 Å². The highest BCUT2D eigenvalue weighted by molar-refractivity contribution is 9.10. The van der Waals surface area contributed by atoms with E-state index in [1.807, 2.05) is 0 Å². The number of nitrogens with zero attached hydrogens (tertiary/aromatic N) is 5. The molecule has 0 aliphatic carbocycles. The van der Waals surface area contributed by atoms with Gasteiger partial charge in [-0.2, -0.15) is 18.2 Å². The Morgan fingerprint density at radius 3 is 2.52 bits per heavy atom. The summed E-state index contributed by atoms with van der Waals surface area (Å²) in [4.78, 5) is 12.1. The van der Waals surface area contributed by atoms with Crippen molar-refractivity contribution in [3.05, 3.63) is 58.7 Å². The maximum atomic E-state index is 14.0. The first-order valence-electron chi connectivity index (χ1n) is 9.05. The van der Waals surface area contributed by atoms with Crippen molar-refractivity contribution in [1.29, 1.82) is 0 Å². The quantitative estimate of drug-likeness (QED) is 0.317. The first kappa shape index (κ1) is 21.2. The van der Waals surface area contributed by atoms with Gasteiger partial charge in [-0.15, -0.1) is 0 Å². The zero-order valence-electron chi connectivity index (χ0n) is 16.2. The van der Waals surface area contributed by atoms with Crippen LogP contribution in [0.2, 0.25) is 0 Å². The molecule has 0 aliphatic heterocycles. The van der Waals surface area contributed by atoms with Crippen LogP contribution >= 0.6 is 15.9 Å². The van der Waals surface area contributed by atoms with Crippen LogP contribution in [-0.4, -0.2) is 24.7 Å². The lowest BCUT2D eigenvalue weighted by Crippen LogP contribution is -2.05. The van der Waals surface area contributed by atoms with Crippen molar-refractivity contribution in [3.63, 3.8) is 0 Å². The summed E-state index contributed by atoms with van der Waals surface area (Å²) in [7, 11) is 0. The summed E-state index contributed by atoms with van der Waals surface area (Å²) in [6, 6.07) is 7.18. The van der Waals surface area contributed by atoms with E-state index in [-0.39, 0.29) is 34.8 Å². The van der Waals surface area contributed by atoms with Gasteiger partial charge < -0.3 is 9.09 Å². The predicted octanol–water partition coefficient (Wildman–Crippen LogP) is 6.16. The van der Waals surface area contributed by atoms with Crippen LogP contribution in [0.25, 0.3) is 34.4 Å². The number of hydrogen-bond acceptors (Lipinski definition) is 5. The molecule has 0 amide bonds. The molecule has 0 radical (unpaired) electrons. The Morgan fingerprint density at radius 2 is 1.87 bits per heavy atom. The topological polar surface area (TPSA) is 69.6 Å². The lowest BCUT2D eigenvalue weighted by atomic mass is 10.2. The van der Waals surface area contributed by atoms with Crippen LogP contribution < -0.4 is 0 Å². The number of pyridine rings is 1. The lowest BCUT2D eigenvalue weighted by molar-refractivity contribution is -0.140. The SMILES string of the molecule is CC(C)n1cc(C(F)(F)F)nc1-c1ccc(-c2noc(-c3cc(Br)ccc3F)n2)cn1. The normalized spacial score (nSPS) is 12.0. The standard InChI is InChI=1S/C20H14BrF4N5O/c1-10(2)30-9-16(20(23,24)25)27-18(30)15-6-3-11(8-26-15)17-28-19(31-29-17)13-7-12(21)4-5-14(13)22/h3-10H,1-2H3. The van der Waals surface area contributed by atoms with E-state index >= 15 is 0 Å². The van der Waals surface area contributed by atoms with E-state index in [4.69, 9.17) is 4.52 Å².